The molecule has 0 spiro atoms. The van der Waals surface area contributed by atoms with E-state index in [1.54, 1.807) is 6.92 Å². The van der Waals surface area contributed by atoms with E-state index in [2.05, 4.69) is 17.2 Å². The van der Waals surface area contributed by atoms with E-state index < -0.39 is 5.97 Å². The molecule has 1 aliphatic carbocycles. The smallest absolute Gasteiger partial charge is 0.355 e. The van der Waals surface area contributed by atoms with Crippen molar-refractivity contribution < 1.29 is 9.90 Å². The van der Waals surface area contributed by atoms with Crippen molar-refractivity contribution in [3.8, 4) is 0 Å². The third kappa shape index (κ3) is 2.77. The van der Waals surface area contributed by atoms with E-state index in [-0.39, 0.29) is 5.69 Å². The lowest BCUT2D eigenvalue weighted by Gasteiger charge is -2.13. The summed E-state index contributed by atoms with van der Waals surface area (Å²) in [6, 6.07) is 0. The summed E-state index contributed by atoms with van der Waals surface area (Å²) < 4.78 is 0. The molecule has 0 aromatic carbocycles. The molecule has 0 bridgehead atoms. The lowest BCUT2D eigenvalue weighted by molar-refractivity contribution is 0.0690. The van der Waals surface area contributed by atoms with Crippen LogP contribution >= 0.6 is 11.3 Å². The van der Waals surface area contributed by atoms with Crippen LogP contribution in [0.25, 0.3) is 0 Å². The molecule has 0 amide bonds. The number of anilines is 1. The molecule has 0 aliphatic heterocycles. The Hall–Kier alpha value is -1.10. The molecule has 0 unspecified atom stereocenters. The van der Waals surface area contributed by atoms with Gasteiger partial charge in [0.25, 0.3) is 0 Å². The van der Waals surface area contributed by atoms with Crippen molar-refractivity contribution in [2.24, 2.45) is 5.41 Å². The zero-order valence-electron chi connectivity index (χ0n) is 10.2. The molecule has 0 atom stereocenters. The van der Waals surface area contributed by atoms with Crippen molar-refractivity contribution in [3.05, 3.63) is 10.6 Å². The Labute approximate surface area is 105 Å². The highest BCUT2D eigenvalue weighted by atomic mass is 32.1. The van der Waals surface area contributed by atoms with Gasteiger partial charge in [-0.1, -0.05) is 13.3 Å². The highest BCUT2D eigenvalue weighted by Gasteiger charge is 2.41. The van der Waals surface area contributed by atoms with Gasteiger partial charge in [-0.2, -0.15) is 0 Å². The van der Waals surface area contributed by atoms with Crippen LogP contribution in [0.1, 0.15) is 48.0 Å². The van der Waals surface area contributed by atoms with Crippen molar-refractivity contribution in [1.82, 2.24) is 4.98 Å². The highest BCUT2D eigenvalue weighted by Crippen LogP contribution is 2.49. The van der Waals surface area contributed by atoms with Crippen molar-refractivity contribution in [3.63, 3.8) is 0 Å². The summed E-state index contributed by atoms with van der Waals surface area (Å²) in [4.78, 5) is 15.7. The maximum atomic E-state index is 10.9. The number of carbonyl (C=O) groups is 1. The summed E-state index contributed by atoms with van der Waals surface area (Å²) in [5.41, 5.74) is 0.635. The predicted octanol–water partition coefficient (Wildman–Crippen LogP) is 3.14. The molecule has 17 heavy (non-hydrogen) atoms. The van der Waals surface area contributed by atoms with Crippen LogP contribution in [0.2, 0.25) is 0 Å². The summed E-state index contributed by atoms with van der Waals surface area (Å²) in [6.45, 7) is 4.92. The SMILES string of the molecule is CCCC1(CNc2nc(C(=O)O)c(C)s2)CC1. The summed E-state index contributed by atoms with van der Waals surface area (Å²) in [6.07, 6.45) is 5.02. The summed E-state index contributed by atoms with van der Waals surface area (Å²) in [5.74, 6) is -0.943. The molecule has 2 rings (SSSR count). The molecule has 1 saturated carbocycles. The molecule has 0 radical (unpaired) electrons. The summed E-state index contributed by atoms with van der Waals surface area (Å²) in [5, 5.41) is 13.0. The van der Waals surface area contributed by atoms with Gasteiger partial charge >= 0.3 is 5.97 Å². The Morgan fingerprint density at radius 1 is 1.59 bits per heavy atom. The fourth-order valence-electron chi connectivity index (χ4n) is 2.16. The number of aromatic nitrogens is 1. The van der Waals surface area contributed by atoms with Crippen LogP contribution in [0.5, 0.6) is 0 Å². The maximum Gasteiger partial charge on any atom is 0.355 e. The van der Waals surface area contributed by atoms with E-state index in [0.29, 0.717) is 5.41 Å². The van der Waals surface area contributed by atoms with E-state index in [9.17, 15) is 4.79 Å². The van der Waals surface area contributed by atoms with Crippen LogP contribution in [0, 0.1) is 12.3 Å². The number of carboxylic acid groups (broad SMARTS) is 1. The minimum absolute atomic E-state index is 0.179. The Morgan fingerprint density at radius 3 is 2.76 bits per heavy atom. The number of nitrogens with zero attached hydrogens (tertiary/aromatic N) is 1. The highest BCUT2D eigenvalue weighted by molar-refractivity contribution is 7.15. The summed E-state index contributed by atoms with van der Waals surface area (Å²) in [7, 11) is 0. The first-order valence-electron chi connectivity index (χ1n) is 6.01. The standard InChI is InChI=1S/C12H18N2O2S/c1-3-4-12(5-6-12)7-13-11-14-9(10(15)16)8(2)17-11/h3-7H2,1-2H3,(H,13,14)(H,15,16). The topological polar surface area (TPSA) is 62.2 Å². The number of carboxylic acids is 1. The Morgan fingerprint density at radius 2 is 2.29 bits per heavy atom. The zero-order chi connectivity index (χ0) is 12.5. The molecule has 1 fully saturated rings. The van der Waals surface area contributed by atoms with E-state index in [0.717, 1.165) is 16.6 Å². The van der Waals surface area contributed by atoms with Crippen LogP contribution < -0.4 is 5.32 Å². The number of thiazole rings is 1. The Kier molecular flexibility index (Phi) is 3.38. The van der Waals surface area contributed by atoms with Crippen LogP contribution in [0.15, 0.2) is 0 Å². The number of rotatable bonds is 6. The van der Waals surface area contributed by atoms with Crippen molar-refractivity contribution in [1.29, 1.82) is 0 Å². The number of aromatic carboxylic acids is 1. The second-order valence-electron chi connectivity index (χ2n) is 4.83. The van der Waals surface area contributed by atoms with Gasteiger partial charge in [-0.05, 0) is 31.6 Å². The van der Waals surface area contributed by atoms with Crippen molar-refractivity contribution in [2.75, 3.05) is 11.9 Å². The molecular weight excluding hydrogens is 236 g/mol. The minimum Gasteiger partial charge on any atom is -0.476 e. The Balaban J connectivity index is 1.96. The number of hydrogen-bond donors (Lipinski definition) is 2. The van der Waals surface area contributed by atoms with Gasteiger partial charge in [0.05, 0.1) is 0 Å². The molecule has 1 aliphatic rings. The van der Waals surface area contributed by atoms with Crippen LogP contribution in [0.3, 0.4) is 0 Å². The van der Waals surface area contributed by atoms with Crippen LogP contribution in [-0.2, 0) is 0 Å². The lowest BCUT2D eigenvalue weighted by atomic mass is 10.0. The predicted molar refractivity (Wildman–Crippen MR) is 68.9 cm³/mol. The second-order valence-corrected chi connectivity index (χ2v) is 6.04. The zero-order valence-corrected chi connectivity index (χ0v) is 11.1. The van der Waals surface area contributed by atoms with Gasteiger partial charge in [0.15, 0.2) is 10.8 Å². The van der Waals surface area contributed by atoms with Crippen LogP contribution in [-0.4, -0.2) is 22.6 Å². The second kappa shape index (κ2) is 4.64. The molecular formula is C12H18N2O2S. The molecule has 1 aromatic rings. The molecule has 1 heterocycles. The molecule has 94 valence electrons. The largest absolute Gasteiger partial charge is 0.476 e. The monoisotopic (exact) mass is 254 g/mol. The van der Waals surface area contributed by atoms with Gasteiger partial charge < -0.3 is 10.4 Å². The van der Waals surface area contributed by atoms with E-state index >= 15 is 0 Å². The average Bonchev–Trinajstić information content (AvgIpc) is 2.92. The lowest BCUT2D eigenvalue weighted by Crippen LogP contribution is -2.15. The Bertz CT molecular complexity index is 424. The van der Waals surface area contributed by atoms with Crippen molar-refractivity contribution in [2.45, 2.75) is 39.5 Å². The van der Waals surface area contributed by atoms with E-state index in [1.165, 1.54) is 37.0 Å². The number of aryl methyl sites for hydroxylation is 1. The molecule has 1 aromatic heterocycles. The van der Waals surface area contributed by atoms with Crippen molar-refractivity contribution >= 4 is 22.4 Å². The normalized spacial score (nSPS) is 16.8. The molecule has 4 nitrogen and oxygen atoms in total. The molecule has 5 heteroatoms. The third-order valence-corrected chi connectivity index (χ3v) is 4.28. The first-order valence-corrected chi connectivity index (χ1v) is 6.82. The first-order chi connectivity index (χ1) is 8.06. The van der Waals surface area contributed by atoms with Gasteiger partial charge in [-0.25, -0.2) is 9.78 Å². The minimum atomic E-state index is -0.943. The molecule has 2 N–H and O–H groups in total. The van der Waals surface area contributed by atoms with Gasteiger partial charge in [0, 0.05) is 11.4 Å². The van der Waals surface area contributed by atoms with Crippen LogP contribution in [0.4, 0.5) is 5.13 Å². The first kappa shape index (κ1) is 12.4. The number of nitrogens with one attached hydrogen (secondary N) is 1. The fraction of sp³-hybridized carbons (Fsp3) is 0.667. The quantitative estimate of drug-likeness (QED) is 0.818. The average molecular weight is 254 g/mol. The van der Waals surface area contributed by atoms with E-state index in [4.69, 9.17) is 5.11 Å². The maximum absolute atomic E-state index is 10.9. The molecule has 0 saturated heterocycles. The van der Waals surface area contributed by atoms with Gasteiger partial charge in [0.1, 0.15) is 0 Å². The summed E-state index contributed by atoms with van der Waals surface area (Å²) >= 11 is 1.43. The van der Waals surface area contributed by atoms with Gasteiger partial charge in [0.2, 0.25) is 0 Å². The fourth-order valence-corrected chi connectivity index (χ4v) is 2.96. The number of hydrogen-bond acceptors (Lipinski definition) is 4. The van der Waals surface area contributed by atoms with Gasteiger partial charge in [-0.15, -0.1) is 11.3 Å². The van der Waals surface area contributed by atoms with Gasteiger partial charge in [-0.3, -0.25) is 0 Å². The van der Waals surface area contributed by atoms with E-state index in [1.807, 2.05) is 0 Å². The third-order valence-electron chi connectivity index (χ3n) is 3.35.